The topological polar surface area (TPSA) is 94.4 Å². The van der Waals surface area contributed by atoms with Gasteiger partial charge in [-0.3, -0.25) is 4.79 Å². The summed E-state index contributed by atoms with van der Waals surface area (Å²) in [7, 11) is 0. The summed E-state index contributed by atoms with van der Waals surface area (Å²) in [5.74, 6) is -0.752. The van der Waals surface area contributed by atoms with E-state index >= 15 is 0 Å². The van der Waals surface area contributed by atoms with Gasteiger partial charge in [0.05, 0.1) is 29.4 Å². The molecule has 192 valence electrons. The molecule has 0 saturated carbocycles. The zero-order valence-electron chi connectivity index (χ0n) is 21.0. The number of rotatable bonds is 7. The van der Waals surface area contributed by atoms with Gasteiger partial charge in [0.1, 0.15) is 17.3 Å². The number of aromatic nitrogens is 2. The first kappa shape index (κ1) is 25.0. The van der Waals surface area contributed by atoms with Crippen LogP contribution in [0.3, 0.4) is 0 Å². The Morgan fingerprint density at radius 1 is 0.974 bits per heavy atom. The van der Waals surface area contributed by atoms with Gasteiger partial charge in [-0.1, -0.05) is 24.3 Å². The first-order valence-corrected chi connectivity index (χ1v) is 12.5. The summed E-state index contributed by atoms with van der Waals surface area (Å²) in [5.41, 5.74) is 2.68. The van der Waals surface area contributed by atoms with Crippen LogP contribution in [0.5, 0.6) is 5.75 Å². The van der Waals surface area contributed by atoms with E-state index in [-0.39, 0.29) is 5.82 Å². The lowest BCUT2D eigenvalue weighted by Gasteiger charge is -2.37. The van der Waals surface area contributed by atoms with Crippen LogP contribution < -0.4 is 19.9 Å². The molecule has 2 heterocycles. The fraction of sp³-hybridized carbons (Fsp3) is 0.241. The minimum atomic E-state index is -1.18. The third-order valence-corrected chi connectivity index (χ3v) is 6.45. The summed E-state index contributed by atoms with van der Waals surface area (Å²) in [5, 5.41) is 12.9. The molecule has 0 radical (unpaired) electrons. The van der Waals surface area contributed by atoms with E-state index in [0.29, 0.717) is 72.5 Å². The van der Waals surface area contributed by atoms with Gasteiger partial charge in [-0.15, -0.1) is 0 Å². The molecule has 5 rings (SSSR count). The van der Waals surface area contributed by atoms with E-state index in [0.717, 1.165) is 0 Å². The van der Waals surface area contributed by atoms with Gasteiger partial charge in [0.2, 0.25) is 5.91 Å². The van der Waals surface area contributed by atoms with Crippen molar-refractivity contribution in [2.24, 2.45) is 0 Å². The fourth-order valence-electron chi connectivity index (χ4n) is 4.56. The molecular formula is C29H27FN6O2. The minimum absolute atomic E-state index is 0.261. The van der Waals surface area contributed by atoms with Crippen molar-refractivity contribution >= 4 is 34.1 Å². The number of carbonyl (C=O) groups excluding carboxylic acids is 1. The first-order valence-electron chi connectivity index (χ1n) is 12.5. The number of amides is 1. The highest BCUT2D eigenvalue weighted by atomic mass is 19.1. The molecule has 9 heteroatoms. The number of benzene rings is 3. The van der Waals surface area contributed by atoms with Crippen LogP contribution in [0.25, 0.3) is 11.0 Å². The lowest BCUT2D eigenvalue weighted by molar-refractivity contribution is -0.116. The number of nitriles is 1. The Morgan fingerprint density at radius 2 is 1.61 bits per heavy atom. The van der Waals surface area contributed by atoms with E-state index in [4.69, 9.17) is 14.7 Å². The van der Waals surface area contributed by atoms with Gasteiger partial charge in [-0.2, -0.15) is 5.26 Å². The molecule has 4 aromatic rings. The van der Waals surface area contributed by atoms with Gasteiger partial charge in [0.25, 0.3) is 0 Å². The minimum Gasteiger partial charge on any atom is -0.494 e. The summed E-state index contributed by atoms with van der Waals surface area (Å²) in [6.07, 6.45) is 0. The number of carbonyl (C=O) groups is 1. The number of nitrogens with one attached hydrogen (secondary N) is 1. The third-order valence-electron chi connectivity index (χ3n) is 6.45. The molecule has 0 unspecified atom stereocenters. The number of anilines is 3. The van der Waals surface area contributed by atoms with Crippen molar-refractivity contribution in [1.29, 1.82) is 5.26 Å². The summed E-state index contributed by atoms with van der Waals surface area (Å²) in [4.78, 5) is 26.9. The number of hydrogen-bond acceptors (Lipinski definition) is 7. The number of ether oxygens (including phenoxy) is 1. The number of fused-ring (bicyclic) bond motifs is 1. The Bertz CT molecular complexity index is 1480. The smallest absolute Gasteiger partial charge is 0.248 e. The quantitative estimate of drug-likeness (QED) is 0.384. The Balaban J connectivity index is 1.42. The number of piperazine rings is 1. The van der Waals surface area contributed by atoms with E-state index < -0.39 is 11.8 Å². The predicted octanol–water partition coefficient (Wildman–Crippen LogP) is 4.74. The highest BCUT2D eigenvalue weighted by Crippen LogP contribution is 2.30. The van der Waals surface area contributed by atoms with Gasteiger partial charge in [-0.05, 0) is 55.5 Å². The van der Waals surface area contributed by atoms with E-state index in [9.17, 15) is 14.4 Å². The second-order valence-electron chi connectivity index (χ2n) is 8.86. The predicted molar refractivity (Wildman–Crippen MR) is 145 cm³/mol. The van der Waals surface area contributed by atoms with Crippen molar-refractivity contribution in [1.82, 2.24) is 9.97 Å². The lowest BCUT2D eigenvalue weighted by Crippen LogP contribution is -2.47. The molecular weight excluding hydrogens is 483 g/mol. The van der Waals surface area contributed by atoms with Crippen LogP contribution in [0.4, 0.5) is 21.6 Å². The van der Waals surface area contributed by atoms with Crippen LogP contribution in [0.15, 0.2) is 72.8 Å². The highest BCUT2D eigenvalue weighted by molar-refractivity contribution is 5.98. The Kier molecular flexibility index (Phi) is 7.31. The van der Waals surface area contributed by atoms with E-state index in [1.165, 1.54) is 6.07 Å². The molecule has 1 fully saturated rings. The molecule has 3 aromatic carbocycles. The molecule has 1 aliphatic rings. The van der Waals surface area contributed by atoms with E-state index in [1.807, 2.05) is 47.1 Å². The SMILES string of the molecule is CCOc1ccc(NC(=O)[C@@H](C#N)c2nc3ccccc3nc2N2CCN(c3ccccc3F)CC2)cc1. The molecule has 1 amide bonds. The monoisotopic (exact) mass is 510 g/mol. The van der Waals surface area contributed by atoms with Crippen LogP contribution >= 0.6 is 0 Å². The van der Waals surface area contributed by atoms with Crippen molar-refractivity contribution in [3.63, 3.8) is 0 Å². The zero-order valence-corrected chi connectivity index (χ0v) is 21.0. The normalized spacial score (nSPS) is 14.1. The Labute approximate surface area is 220 Å². The maximum Gasteiger partial charge on any atom is 0.248 e. The van der Waals surface area contributed by atoms with Crippen LogP contribution in [-0.2, 0) is 4.79 Å². The Morgan fingerprint density at radius 3 is 2.26 bits per heavy atom. The fourth-order valence-corrected chi connectivity index (χ4v) is 4.56. The molecule has 1 aliphatic heterocycles. The molecule has 38 heavy (non-hydrogen) atoms. The summed E-state index contributed by atoms with van der Waals surface area (Å²) in [6.45, 7) is 4.63. The van der Waals surface area contributed by atoms with Crippen molar-refractivity contribution in [2.75, 3.05) is 47.9 Å². The number of hydrogen-bond donors (Lipinski definition) is 1. The first-order chi connectivity index (χ1) is 18.6. The van der Waals surface area contributed by atoms with Crippen molar-refractivity contribution < 1.29 is 13.9 Å². The molecule has 1 atom stereocenters. The summed E-state index contributed by atoms with van der Waals surface area (Å²) >= 11 is 0. The van der Waals surface area contributed by atoms with Gasteiger partial charge in [0, 0.05) is 31.9 Å². The number of halogens is 1. The van der Waals surface area contributed by atoms with Gasteiger partial charge < -0.3 is 19.9 Å². The van der Waals surface area contributed by atoms with Crippen LogP contribution in [-0.4, -0.2) is 48.7 Å². The van der Waals surface area contributed by atoms with Gasteiger partial charge >= 0.3 is 0 Å². The molecule has 1 aromatic heterocycles. The molecule has 0 spiro atoms. The average Bonchev–Trinajstić information content (AvgIpc) is 2.95. The Hall–Kier alpha value is -4.71. The number of nitrogens with zero attached hydrogens (tertiary/aromatic N) is 5. The number of para-hydroxylation sites is 3. The summed E-state index contributed by atoms with van der Waals surface area (Å²) in [6, 6.07) is 23.2. The second-order valence-corrected chi connectivity index (χ2v) is 8.86. The molecule has 0 aliphatic carbocycles. The largest absolute Gasteiger partial charge is 0.494 e. The summed E-state index contributed by atoms with van der Waals surface area (Å²) < 4.78 is 19.8. The standard InChI is InChI=1S/C29H27FN6O2/c1-2-38-21-13-11-20(12-14-21)32-29(37)22(19-31)27-28(34-25-9-5-4-8-24(25)33-27)36-17-15-35(16-18-36)26-10-6-3-7-23(26)30/h3-14,22H,2,15-18H2,1H3,(H,32,37)/t22-/m0/s1. The molecule has 1 N–H and O–H groups in total. The molecule has 0 bridgehead atoms. The van der Waals surface area contributed by atoms with Crippen LogP contribution in [0, 0.1) is 17.1 Å². The van der Waals surface area contributed by atoms with E-state index in [1.54, 1.807) is 36.4 Å². The zero-order chi connectivity index (χ0) is 26.5. The maximum absolute atomic E-state index is 14.3. The van der Waals surface area contributed by atoms with Crippen LogP contribution in [0.1, 0.15) is 18.5 Å². The van der Waals surface area contributed by atoms with Crippen LogP contribution in [0.2, 0.25) is 0 Å². The van der Waals surface area contributed by atoms with E-state index in [2.05, 4.69) is 11.4 Å². The maximum atomic E-state index is 14.3. The highest BCUT2D eigenvalue weighted by Gasteiger charge is 2.30. The lowest BCUT2D eigenvalue weighted by atomic mass is 10.0. The van der Waals surface area contributed by atoms with Gasteiger partial charge in [0.15, 0.2) is 11.7 Å². The average molecular weight is 511 g/mol. The van der Waals surface area contributed by atoms with Crippen molar-refractivity contribution in [3.8, 4) is 11.8 Å². The molecule has 8 nitrogen and oxygen atoms in total. The second kappa shape index (κ2) is 11.1. The van der Waals surface area contributed by atoms with Crippen molar-refractivity contribution in [2.45, 2.75) is 12.8 Å². The third kappa shape index (κ3) is 5.20. The van der Waals surface area contributed by atoms with Crippen molar-refractivity contribution in [3.05, 3.63) is 84.3 Å². The molecule has 1 saturated heterocycles. The van der Waals surface area contributed by atoms with Gasteiger partial charge in [-0.25, -0.2) is 14.4 Å².